The molecule has 0 bridgehead atoms. The highest BCUT2D eigenvalue weighted by molar-refractivity contribution is 6.02. The Morgan fingerprint density at radius 1 is 1.18 bits per heavy atom. The van der Waals surface area contributed by atoms with Gasteiger partial charge in [-0.05, 0) is 55.2 Å². The Morgan fingerprint density at radius 2 is 1.94 bits per heavy atom. The van der Waals surface area contributed by atoms with Gasteiger partial charge in [0.25, 0.3) is 0 Å². The van der Waals surface area contributed by atoms with E-state index in [-0.39, 0.29) is 12.5 Å². The van der Waals surface area contributed by atoms with Crippen molar-refractivity contribution < 1.29 is 32.2 Å². The second-order valence-corrected chi connectivity index (χ2v) is 9.31. The first-order chi connectivity index (χ1) is 16.3. The number of benzene rings is 1. The van der Waals surface area contributed by atoms with Crippen molar-refractivity contribution in [1.82, 2.24) is 9.88 Å². The molecule has 4 rings (SSSR count). The second kappa shape index (κ2) is 11.0. The SMILES string of the molecule is COCCOCC(=O)Nc1c[nH]c2ccc(OCC[C@@H]3C[C@@H]4CN(CC(F)(F)F)C[C@@H]4C3)cc12. The van der Waals surface area contributed by atoms with E-state index < -0.39 is 12.7 Å². The third-order valence-corrected chi connectivity index (χ3v) is 6.71. The molecule has 1 amide bonds. The monoisotopic (exact) mass is 483 g/mol. The molecule has 1 aliphatic heterocycles. The number of carbonyl (C=O) groups excluding carboxylic acids is 1. The van der Waals surface area contributed by atoms with Crippen molar-refractivity contribution in [3.8, 4) is 5.75 Å². The van der Waals surface area contributed by atoms with E-state index in [1.54, 1.807) is 18.2 Å². The van der Waals surface area contributed by atoms with Crippen molar-refractivity contribution in [3.05, 3.63) is 24.4 Å². The number of aromatic nitrogens is 1. The third-order valence-electron chi connectivity index (χ3n) is 6.71. The van der Waals surface area contributed by atoms with Crippen LogP contribution in [-0.4, -0.2) is 75.1 Å². The van der Waals surface area contributed by atoms with Crippen molar-refractivity contribution in [2.24, 2.45) is 17.8 Å². The van der Waals surface area contributed by atoms with Gasteiger partial charge in [-0.15, -0.1) is 0 Å². The summed E-state index contributed by atoms with van der Waals surface area (Å²) < 4.78 is 54.0. The van der Waals surface area contributed by atoms with Gasteiger partial charge in [-0.2, -0.15) is 13.2 Å². The number of methoxy groups -OCH3 is 1. The number of aromatic amines is 1. The highest BCUT2D eigenvalue weighted by Crippen LogP contribution is 2.43. The van der Waals surface area contributed by atoms with E-state index in [1.807, 2.05) is 18.2 Å². The molecule has 1 aliphatic carbocycles. The number of hydrogen-bond donors (Lipinski definition) is 2. The molecule has 2 fully saturated rings. The average molecular weight is 484 g/mol. The van der Waals surface area contributed by atoms with Crippen molar-refractivity contribution in [3.63, 3.8) is 0 Å². The molecule has 34 heavy (non-hydrogen) atoms. The zero-order chi connectivity index (χ0) is 24.1. The van der Waals surface area contributed by atoms with Gasteiger partial charge in [0.2, 0.25) is 5.91 Å². The summed E-state index contributed by atoms with van der Waals surface area (Å²) in [6.07, 6.45) is 0.456. The minimum atomic E-state index is -4.12. The highest BCUT2D eigenvalue weighted by Gasteiger charge is 2.43. The van der Waals surface area contributed by atoms with Gasteiger partial charge in [0.1, 0.15) is 12.4 Å². The second-order valence-electron chi connectivity index (χ2n) is 9.31. The van der Waals surface area contributed by atoms with Crippen LogP contribution >= 0.6 is 0 Å². The number of alkyl halides is 3. The Morgan fingerprint density at radius 3 is 2.65 bits per heavy atom. The third kappa shape index (κ3) is 6.64. The number of amides is 1. The molecule has 1 aromatic heterocycles. The Bertz CT molecular complexity index is 951. The lowest BCUT2D eigenvalue weighted by atomic mass is 10.0. The maximum Gasteiger partial charge on any atom is 0.401 e. The van der Waals surface area contributed by atoms with Crippen LogP contribution in [0.4, 0.5) is 18.9 Å². The number of likely N-dealkylation sites (tertiary alicyclic amines) is 1. The number of halogens is 3. The van der Waals surface area contributed by atoms with Gasteiger partial charge < -0.3 is 24.5 Å². The Labute approximate surface area is 196 Å². The van der Waals surface area contributed by atoms with Crippen LogP contribution in [0.3, 0.4) is 0 Å². The number of nitrogens with one attached hydrogen (secondary N) is 2. The Kier molecular flexibility index (Phi) is 8.00. The van der Waals surface area contributed by atoms with E-state index >= 15 is 0 Å². The fraction of sp³-hybridized carbons (Fsp3) is 0.625. The molecule has 3 atom stereocenters. The van der Waals surface area contributed by atoms with Gasteiger partial charge in [0, 0.05) is 37.3 Å². The summed E-state index contributed by atoms with van der Waals surface area (Å²) in [5, 5.41) is 3.69. The van der Waals surface area contributed by atoms with Crippen molar-refractivity contribution >= 4 is 22.5 Å². The Balaban J connectivity index is 1.22. The van der Waals surface area contributed by atoms with Crippen LogP contribution in [0, 0.1) is 17.8 Å². The van der Waals surface area contributed by atoms with E-state index in [0.717, 1.165) is 30.2 Å². The first-order valence-corrected chi connectivity index (χ1v) is 11.7. The molecule has 1 aromatic carbocycles. The predicted molar refractivity (Wildman–Crippen MR) is 122 cm³/mol. The van der Waals surface area contributed by atoms with Gasteiger partial charge in [0.05, 0.1) is 32.1 Å². The smallest absolute Gasteiger partial charge is 0.401 e. The summed E-state index contributed by atoms with van der Waals surface area (Å²) in [4.78, 5) is 16.8. The minimum Gasteiger partial charge on any atom is -0.494 e. The molecule has 2 aromatic rings. The van der Waals surface area contributed by atoms with Crippen LogP contribution in [0.2, 0.25) is 0 Å². The predicted octanol–water partition coefficient (Wildman–Crippen LogP) is 4.06. The zero-order valence-corrected chi connectivity index (χ0v) is 19.3. The topological polar surface area (TPSA) is 75.8 Å². The lowest BCUT2D eigenvalue weighted by Crippen LogP contribution is -2.33. The number of nitrogens with zero attached hydrogens (tertiary/aromatic N) is 1. The molecule has 0 spiro atoms. The first-order valence-electron chi connectivity index (χ1n) is 11.7. The van der Waals surface area contributed by atoms with Crippen LogP contribution in [0.5, 0.6) is 5.75 Å². The van der Waals surface area contributed by atoms with Gasteiger partial charge in [-0.3, -0.25) is 9.69 Å². The number of ether oxygens (including phenoxy) is 3. The molecule has 1 saturated heterocycles. The highest BCUT2D eigenvalue weighted by atomic mass is 19.4. The molecule has 0 unspecified atom stereocenters. The van der Waals surface area contributed by atoms with E-state index in [2.05, 4.69) is 10.3 Å². The summed E-state index contributed by atoms with van der Waals surface area (Å²) in [6, 6.07) is 5.69. The number of carbonyl (C=O) groups is 1. The summed E-state index contributed by atoms with van der Waals surface area (Å²) >= 11 is 0. The van der Waals surface area contributed by atoms with Crippen LogP contribution in [0.1, 0.15) is 19.3 Å². The molecule has 1 saturated carbocycles. The number of anilines is 1. The van der Waals surface area contributed by atoms with Crippen LogP contribution in [0.15, 0.2) is 24.4 Å². The lowest BCUT2D eigenvalue weighted by molar-refractivity contribution is -0.144. The molecule has 2 heterocycles. The normalized spacial score (nSPS) is 22.9. The van der Waals surface area contributed by atoms with Crippen LogP contribution < -0.4 is 10.1 Å². The van der Waals surface area contributed by atoms with Gasteiger partial charge in [-0.1, -0.05) is 0 Å². The summed E-state index contributed by atoms with van der Waals surface area (Å²) in [5.74, 6) is 1.70. The number of rotatable bonds is 11. The van der Waals surface area contributed by atoms with Crippen LogP contribution in [-0.2, 0) is 14.3 Å². The number of H-pyrrole nitrogens is 1. The molecule has 7 nitrogen and oxygen atoms in total. The number of fused-ring (bicyclic) bond motifs is 2. The molecule has 2 aliphatic rings. The maximum atomic E-state index is 12.6. The van der Waals surface area contributed by atoms with E-state index in [9.17, 15) is 18.0 Å². The number of hydrogen-bond acceptors (Lipinski definition) is 5. The largest absolute Gasteiger partial charge is 0.494 e. The quantitative estimate of drug-likeness (QED) is 0.472. The van der Waals surface area contributed by atoms with Crippen molar-refractivity contribution in [1.29, 1.82) is 0 Å². The summed E-state index contributed by atoms with van der Waals surface area (Å²) in [5.41, 5.74) is 1.54. The molecule has 10 heteroatoms. The van der Waals surface area contributed by atoms with Gasteiger partial charge in [0.15, 0.2) is 0 Å². The van der Waals surface area contributed by atoms with Gasteiger partial charge in [-0.25, -0.2) is 0 Å². The molecule has 0 radical (unpaired) electrons. The standard InChI is InChI=1S/C24H32F3N3O4/c1-32-6-7-33-14-23(31)29-22-11-28-21-3-2-19(10-20(21)22)34-5-4-16-8-17-12-30(13-18(17)9-16)15-24(25,26)27/h2-3,10-11,16-18,28H,4-9,12-15H2,1H3,(H,29,31)/t16-,17-,18+. The lowest BCUT2D eigenvalue weighted by Gasteiger charge is -2.20. The summed E-state index contributed by atoms with van der Waals surface area (Å²) in [7, 11) is 1.57. The molecular formula is C24H32F3N3O4. The van der Waals surface area contributed by atoms with Crippen molar-refractivity contribution in [2.45, 2.75) is 25.4 Å². The fourth-order valence-electron chi connectivity index (χ4n) is 5.27. The maximum absolute atomic E-state index is 12.6. The molecule has 188 valence electrons. The van der Waals surface area contributed by atoms with Crippen LogP contribution in [0.25, 0.3) is 10.9 Å². The van der Waals surface area contributed by atoms with Crippen molar-refractivity contribution in [2.75, 3.05) is 58.5 Å². The average Bonchev–Trinajstić information content (AvgIpc) is 3.43. The Hall–Kier alpha value is -2.30. The fourth-order valence-corrected chi connectivity index (χ4v) is 5.27. The summed E-state index contributed by atoms with van der Waals surface area (Å²) in [6.45, 7) is 1.60. The zero-order valence-electron chi connectivity index (χ0n) is 19.3. The van der Waals surface area contributed by atoms with E-state index in [4.69, 9.17) is 14.2 Å². The minimum absolute atomic E-state index is 0.0520. The van der Waals surface area contributed by atoms with Gasteiger partial charge >= 0.3 is 6.18 Å². The molecule has 2 N–H and O–H groups in total. The first kappa shape index (κ1) is 24.8. The van der Waals surface area contributed by atoms with E-state index in [0.29, 0.717) is 62.1 Å². The van der Waals surface area contributed by atoms with E-state index in [1.165, 1.54) is 0 Å². The molecular weight excluding hydrogens is 451 g/mol.